The van der Waals surface area contributed by atoms with Gasteiger partial charge in [-0.1, -0.05) is 35.7 Å². The number of hydrogen-bond acceptors (Lipinski definition) is 4. The lowest BCUT2D eigenvalue weighted by molar-refractivity contribution is -0.123. The van der Waals surface area contributed by atoms with E-state index in [2.05, 4.69) is 27.2 Å². The highest BCUT2D eigenvalue weighted by atomic mass is 79.9. The summed E-state index contributed by atoms with van der Waals surface area (Å²) in [5, 5.41) is 2.64. The molecule has 6 nitrogen and oxygen atoms in total. The van der Waals surface area contributed by atoms with Crippen molar-refractivity contribution in [3.05, 3.63) is 63.3 Å². The predicted octanol–water partition coefficient (Wildman–Crippen LogP) is 4.26. The average Bonchev–Trinajstić information content (AvgIpc) is 2.95. The zero-order valence-electron chi connectivity index (χ0n) is 16.7. The third-order valence-electron chi connectivity index (χ3n) is 4.33. The summed E-state index contributed by atoms with van der Waals surface area (Å²) in [5.74, 6) is 3.01. The Morgan fingerprint density at radius 3 is 2.73 bits per heavy atom. The Kier molecular flexibility index (Phi) is 6.80. The van der Waals surface area contributed by atoms with Crippen molar-refractivity contribution in [2.75, 3.05) is 13.2 Å². The monoisotopic (exact) mass is 468 g/mol. The lowest BCUT2D eigenvalue weighted by Gasteiger charge is -2.13. The van der Waals surface area contributed by atoms with Crippen molar-refractivity contribution in [3.63, 3.8) is 0 Å². The molecule has 1 fully saturated rings. The lowest BCUT2D eigenvalue weighted by Crippen LogP contribution is -2.30. The molecular weight excluding hydrogens is 448 g/mol. The molecule has 154 valence electrons. The van der Waals surface area contributed by atoms with Gasteiger partial charge >= 0.3 is 6.03 Å². The number of nitrogens with zero attached hydrogens (tertiary/aromatic N) is 1. The van der Waals surface area contributed by atoms with Crippen molar-refractivity contribution >= 4 is 33.9 Å². The van der Waals surface area contributed by atoms with Crippen LogP contribution >= 0.6 is 15.9 Å². The van der Waals surface area contributed by atoms with Crippen molar-refractivity contribution in [2.24, 2.45) is 0 Å². The number of rotatable bonds is 7. The Hall–Kier alpha value is -3.24. The van der Waals surface area contributed by atoms with E-state index in [4.69, 9.17) is 15.9 Å². The molecule has 2 aromatic carbocycles. The summed E-state index contributed by atoms with van der Waals surface area (Å²) in [7, 11) is 0. The summed E-state index contributed by atoms with van der Waals surface area (Å²) in [4.78, 5) is 26.3. The number of hydrogen-bond donors (Lipinski definition) is 1. The summed E-state index contributed by atoms with van der Waals surface area (Å²) in [6.45, 7) is 4.55. The van der Waals surface area contributed by atoms with Crippen molar-refractivity contribution in [3.8, 4) is 23.8 Å². The predicted molar refractivity (Wildman–Crippen MR) is 118 cm³/mol. The van der Waals surface area contributed by atoms with Crippen LogP contribution in [0.3, 0.4) is 0 Å². The summed E-state index contributed by atoms with van der Waals surface area (Å²) < 4.78 is 11.8. The molecular formula is C23H21BrN2O4. The minimum Gasteiger partial charge on any atom is -0.490 e. The Labute approximate surface area is 184 Å². The molecule has 7 heteroatoms. The highest BCUT2D eigenvalue weighted by molar-refractivity contribution is 9.10. The molecule has 0 radical (unpaired) electrons. The molecule has 2 aromatic rings. The van der Waals surface area contributed by atoms with E-state index in [-0.39, 0.29) is 24.8 Å². The first-order valence-electron chi connectivity index (χ1n) is 9.35. The van der Waals surface area contributed by atoms with Gasteiger partial charge in [-0.15, -0.1) is 6.42 Å². The molecule has 1 saturated heterocycles. The fraction of sp³-hybridized carbons (Fsp3) is 0.217. The third kappa shape index (κ3) is 4.84. The van der Waals surface area contributed by atoms with E-state index >= 15 is 0 Å². The fourth-order valence-corrected chi connectivity index (χ4v) is 3.64. The molecule has 0 bridgehead atoms. The summed E-state index contributed by atoms with van der Waals surface area (Å²) in [6.07, 6.45) is 6.88. The van der Waals surface area contributed by atoms with Gasteiger partial charge in [0.1, 0.15) is 12.3 Å². The molecule has 1 heterocycles. The first-order chi connectivity index (χ1) is 14.4. The molecule has 1 aliphatic heterocycles. The molecule has 0 atom stereocenters. The maximum Gasteiger partial charge on any atom is 0.329 e. The van der Waals surface area contributed by atoms with Gasteiger partial charge in [-0.05, 0) is 59.1 Å². The number of amides is 3. The fourth-order valence-electron chi connectivity index (χ4n) is 3.06. The zero-order valence-corrected chi connectivity index (χ0v) is 18.3. The van der Waals surface area contributed by atoms with Crippen LogP contribution in [0.4, 0.5) is 4.79 Å². The minimum atomic E-state index is -0.453. The molecule has 0 saturated carbocycles. The Bertz CT molecular complexity index is 1060. The summed E-state index contributed by atoms with van der Waals surface area (Å²) >= 11 is 3.45. The van der Waals surface area contributed by atoms with Crippen LogP contribution in [0.5, 0.6) is 11.5 Å². The van der Waals surface area contributed by atoms with Crippen LogP contribution in [-0.2, 0) is 11.3 Å². The number of halogens is 1. The van der Waals surface area contributed by atoms with Crippen molar-refractivity contribution < 1.29 is 19.1 Å². The molecule has 0 unspecified atom stereocenters. The smallest absolute Gasteiger partial charge is 0.329 e. The topological polar surface area (TPSA) is 67.9 Å². The average molecular weight is 469 g/mol. The lowest BCUT2D eigenvalue weighted by atomic mass is 10.1. The second kappa shape index (κ2) is 9.51. The molecule has 0 aliphatic carbocycles. The molecule has 0 spiro atoms. The van der Waals surface area contributed by atoms with Crippen molar-refractivity contribution in [2.45, 2.75) is 20.4 Å². The van der Waals surface area contributed by atoms with E-state index in [1.54, 1.807) is 18.2 Å². The van der Waals surface area contributed by atoms with Crippen LogP contribution < -0.4 is 14.8 Å². The molecule has 3 amide bonds. The van der Waals surface area contributed by atoms with E-state index in [0.29, 0.717) is 28.1 Å². The van der Waals surface area contributed by atoms with Crippen LogP contribution in [0.2, 0.25) is 0 Å². The number of nitrogens with one attached hydrogen (secondary N) is 1. The van der Waals surface area contributed by atoms with Gasteiger partial charge in [0, 0.05) is 0 Å². The standard InChI is InChI=1S/C23H21BrN2O4/c1-4-9-30-21-18(24)11-17(13-20(21)29-5-2)12-19-22(27)26(23(28)25-19)14-16-8-6-7-15(3)10-16/h1,6-8,10-13H,5,9,14H2,2-3H3,(H,25,28)/b19-12+. The van der Waals surface area contributed by atoms with Gasteiger partial charge in [-0.25, -0.2) is 4.79 Å². The maximum atomic E-state index is 12.8. The van der Waals surface area contributed by atoms with Crippen LogP contribution in [0.1, 0.15) is 23.6 Å². The number of urea groups is 1. The van der Waals surface area contributed by atoms with Crippen LogP contribution in [-0.4, -0.2) is 30.1 Å². The van der Waals surface area contributed by atoms with Crippen LogP contribution in [0.15, 0.2) is 46.6 Å². The highest BCUT2D eigenvalue weighted by Gasteiger charge is 2.33. The summed E-state index contributed by atoms with van der Waals surface area (Å²) in [6, 6.07) is 10.7. The van der Waals surface area contributed by atoms with Crippen LogP contribution in [0.25, 0.3) is 6.08 Å². The van der Waals surface area contributed by atoms with Gasteiger partial charge in [-0.2, -0.15) is 0 Å². The first-order valence-corrected chi connectivity index (χ1v) is 10.1. The van der Waals surface area contributed by atoms with Crippen molar-refractivity contribution in [1.29, 1.82) is 0 Å². The van der Waals surface area contributed by atoms with E-state index in [0.717, 1.165) is 11.1 Å². The van der Waals surface area contributed by atoms with Gasteiger partial charge < -0.3 is 14.8 Å². The number of carbonyl (C=O) groups excluding carboxylic acids is 2. The van der Waals surface area contributed by atoms with Gasteiger partial charge in [0.15, 0.2) is 11.5 Å². The molecule has 0 aromatic heterocycles. The number of terminal acetylenes is 1. The third-order valence-corrected chi connectivity index (χ3v) is 4.92. The number of benzene rings is 2. The number of imide groups is 1. The SMILES string of the molecule is C#CCOc1c(Br)cc(/C=C2/NC(=O)N(Cc3cccc(C)c3)C2=O)cc1OCC. The molecule has 1 aliphatic rings. The second-order valence-electron chi connectivity index (χ2n) is 6.62. The summed E-state index contributed by atoms with van der Waals surface area (Å²) in [5.41, 5.74) is 2.81. The van der Waals surface area contributed by atoms with E-state index in [1.165, 1.54) is 4.90 Å². The second-order valence-corrected chi connectivity index (χ2v) is 7.48. The highest BCUT2D eigenvalue weighted by Crippen LogP contribution is 2.37. The Balaban J connectivity index is 1.86. The van der Waals surface area contributed by atoms with Gasteiger partial charge in [0.2, 0.25) is 0 Å². The van der Waals surface area contributed by atoms with E-state index in [9.17, 15) is 9.59 Å². The normalized spacial score (nSPS) is 14.6. The quantitative estimate of drug-likeness (QED) is 0.374. The van der Waals surface area contributed by atoms with E-state index in [1.807, 2.05) is 38.1 Å². The molecule has 30 heavy (non-hydrogen) atoms. The van der Waals surface area contributed by atoms with Gasteiger partial charge in [-0.3, -0.25) is 9.69 Å². The minimum absolute atomic E-state index is 0.0988. The van der Waals surface area contributed by atoms with E-state index < -0.39 is 6.03 Å². The molecule has 3 rings (SSSR count). The zero-order chi connectivity index (χ0) is 21.7. The number of carbonyl (C=O) groups is 2. The number of aryl methyl sites for hydroxylation is 1. The maximum absolute atomic E-state index is 12.8. The number of ether oxygens (including phenoxy) is 2. The molecule has 1 N–H and O–H groups in total. The van der Waals surface area contributed by atoms with Gasteiger partial charge in [0.25, 0.3) is 5.91 Å². The largest absolute Gasteiger partial charge is 0.490 e. The van der Waals surface area contributed by atoms with Crippen LogP contribution in [0, 0.1) is 19.3 Å². The first kappa shape index (κ1) is 21.5. The van der Waals surface area contributed by atoms with Gasteiger partial charge in [0.05, 0.1) is 17.6 Å². The Morgan fingerprint density at radius 2 is 2.03 bits per heavy atom. The van der Waals surface area contributed by atoms with Crippen molar-refractivity contribution in [1.82, 2.24) is 10.2 Å². The Morgan fingerprint density at radius 1 is 1.23 bits per heavy atom.